The quantitative estimate of drug-likeness (QED) is 0.139. The van der Waals surface area contributed by atoms with Crippen molar-refractivity contribution in [2.45, 2.75) is 103 Å². The molecule has 0 spiro atoms. The molecule has 6 heterocycles. The first-order chi connectivity index (χ1) is 25.1. The molecule has 5 N–H and O–H groups in total. The Kier molecular flexibility index (Phi) is 9.91. The fourth-order valence-corrected chi connectivity index (χ4v) is 12.0. The van der Waals surface area contributed by atoms with Gasteiger partial charge in [-0.25, -0.2) is 9.59 Å². The first kappa shape index (κ1) is 39.5. The molecule has 54 heavy (non-hydrogen) atoms. The number of carbonyl (C=O) groups excluding carboxylic acids is 4. The number of methoxy groups -OCH3 is 1. The second-order valence-electron chi connectivity index (χ2n) is 15.1. The van der Waals surface area contributed by atoms with E-state index in [1.165, 1.54) is 52.9 Å². The molecule has 5 aliphatic heterocycles. The zero-order valence-electron chi connectivity index (χ0n) is 30.3. The van der Waals surface area contributed by atoms with Crippen LogP contribution >= 0.6 is 34.9 Å². The van der Waals surface area contributed by atoms with Crippen molar-refractivity contribution in [2.24, 2.45) is 0 Å². The highest BCUT2D eigenvalue weighted by Crippen LogP contribution is 2.56. The number of hydrogen-bond donors (Lipinski definition) is 5. The molecule has 8 atom stereocenters. The van der Waals surface area contributed by atoms with Gasteiger partial charge in [-0.2, -0.15) is 11.3 Å². The summed E-state index contributed by atoms with van der Waals surface area (Å²) >= 11 is 3.89. The molecule has 19 heteroatoms. The van der Waals surface area contributed by atoms with Gasteiger partial charge in [0.1, 0.15) is 34.9 Å². The van der Waals surface area contributed by atoms with Crippen LogP contribution in [0.1, 0.15) is 64.6 Å². The Bertz CT molecular complexity index is 1910. The molecule has 0 saturated carbocycles. The van der Waals surface area contributed by atoms with Crippen LogP contribution in [0.4, 0.5) is 0 Å². The number of hydrogen-bond acceptors (Lipinski definition) is 12. The highest BCUT2D eigenvalue weighted by atomic mass is 32.2. The number of thioether (sulfide) groups is 2. The monoisotopic (exact) mass is 803 g/mol. The standard InChI is InChI=1S/C19H23N3O4S.C16H18N2O7S2/c1-18(2)13(17(25)26)21-15(24)12(16(21)27-18)22-14(23)11(20-19(22,3)4)10-8-6-5-7-9-10;1-15(2)9(12(22)23)18-13(24)16(25-3,14(18)27-15)17-10(19)8(11(20)21)7-4-5-26-6-7/h5-9,11-13,16,20H,1-4H3,(H,25,26);4-6,8-9,14H,1-3H3,(H,17,19)(H,20,21)(H,22,23)/t11?,12-,13+,16-;8?,9-,14+,16-/m10/s1. The van der Waals surface area contributed by atoms with Crippen LogP contribution in [-0.2, 0) is 38.3 Å². The number of amides is 4. The van der Waals surface area contributed by atoms with E-state index in [0.29, 0.717) is 5.56 Å². The predicted molar refractivity (Wildman–Crippen MR) is 197 cm³/mol. The van der Waals surface area contributed by atoms with Crippen molar-refractivity contribution in [3.63, 3.8) is 0 Å². The summed E-state index contributed by atoms with van der Waals surface area (Å²) in [5.74, 6) is -7.06. The SMILES string of the molecule is CC1(C)S[C@@H]2[C@H](N3C(=O)C(c4ccccc4)NC3(C)C)C(=O)N2[C@H]1C(=O)O.CO[C@@]1(NC(=O)C(C(=O)O)c2ccsc2)C(=O)N2[C@@H](C(=O)O)C(C)(C)S[C@@H]21. The second kappa shape index (κ2) is 13.5. The van der Waals surface area contributed by atoms with Crippen LogP contribution in [0.25, 0.3) is 0 Å². The maximum atomic E-state index is 13.2. The molecular formula is C35H41N5O11S3. The predicted octanol–water partition coefficient (Wildman–Crippen LogP) is 1.93. The van der Waals surface area contributed by atoms with Crippen molar-refractivity contribution >= 4 is 76.4 Å². The Hall–Kier alpha value is -4.17. The van der Waals surface area contributed by atoms with E-state index in [9.17, 15) is 48.9 Å². The van der Waals surface area contributed by atoms with Crippen LogP contribution in [0.15, 0.2) is 47.2 Å². The average Bonchev–Trinajstić information content (AvgIpc) is 3.82. The van der Waals surface area contributed by atoms with Crippen molar-refractivity contribution in [3.8, 4) is 0 Å². The Labute approximate surface area is 322 Å². The zero-order valence-corrected chi connectivity index (χ0v) is 32.8. The van der Waals surface area contributed by atoms with Crippen molar-refractivity contribution in [3.05, 3.63) is 58.3 Å². The molecule has 1 aromatic heterocycles. The Balaban J connectivity index is 0.000000184. The molecule has 0 aliphatic carbocycles. The average molecular weight is 804 g/mol. The van der Waals surface area contributed by atoms with Gasteiger partial charge in [0.2, 0.25) is 17.7 Å². The topological polar surface area (TPSA) is 223 Å². The molecule has 16 nitrogen and oxygen atoms in total. The van der Waals surface area contributed by atoms with Gasteiger partial charge in [-0.1, -0.05) is 30.3 Å². The van der Waals surface area contributed by atoms with Gasteiger partial charge in [-0.05, 0) is 69.5 Å². The third-order valence-corrected chi connectivity index (χ3v) is 14.3. The van der Waals surface area contributed by atoms with E-state index in [0.717, 1.165) is 10.5 Å². The number of nitrogens with zero attached hydrogens (tertiary/aromatic N) is 3. The van der Waals surface area contributed by atoms with Crippen LogP contribution in [0.3, 0.4) is 0 Å². The second-order valence-corrected chi connectivity index (χ2v) is 19.4. The summed E-state index contributed by atoms with van der Waals surface area (Å²) in [5, 5.41) is 36.4. The number of benzene rings is 1. The Morgan fingerprint density at radius 1 is 0.852 bits per heavy atom. The van der Waals surface area contributed by atoms with E-state index >= 15 is 0 Å². The van der Waals surface area contributed by atoms with Gasteiger partial charge in [0, 0.05) is 16.6 Å². The summed E-state index contributed by atoms with van der Waals surface area (Å²) in [7, 11) is 1.22. The molecule has 2 aromatic rings. The van der Waals surface area contributed by atoms with Crippen LogP contribution in [0.2, 0.25) is 0 Å². The van der Waals surface area contributed by atoms with Crippen molar-refractivity contribution < 1.29 is 53.6 Å². The number of carbonyl (C=O) groups is 7. The van der Waals surface area contributed by atoms with E-state index in [2.05, 4.69) is 10.6 Å². The Morgan fingerprint density at radius 3 is 1.98 bits per heavy atom. The maximum absolute atomic E-state index is 13.2. The van der Waals surface area contributed by atoms with E-state index in [-0.39, 0.29) is 17.2 Å². The van der Waals surface area contributed by atoms with Gasteiger partial charge in [-0.3, -0.25) is 29.3 Å². The van der Waals surface area contributed by atoms with Gasteiger partial charge >= 0.3 is 17.9 Å². The molecular weight excluding hydrogens is 763 g/mol. The minimum Gasteiger partial charge on any atom is -0.480 e. The number of thiophene rings is 1. The fraction of sp³-hybridized carbons (Fsp3) is 0.514. The molecule has 5 saturated heterocycles. The minimum absolute atomic E-state index is 0.151. The lowest BCUT2D eigenvalue weighted by atomic mass is 9.92. The molecule has 0 bridgehead atoms. The fourth-order valence-electron chi connectivity index (χ4n) is 7.97. The molecule has 1 aromatic carbocycles. The molecule has 2 unspecified atom stereocenters. The lowest BCUT2D eigenvalue weighted by Gasteiger charge is -2.51. The van der Waals surface area contributed by atoms with E-state index in [4.69, 9.17) is 4.74 Å². The lowest BCUT2D eigenvalue weighted by molar-refractivity contribution is -0.201. The van der Waals surface area contributed by atoms with Gasteiger partial charge < -0.3 is 40.1 Å². The maximum Gasteiger partial charge on any atom is 0.327 e. The lowest BCUT2D eigenvalue weighted by Crippen LogP contribution is -2.80. The van der Waals surface area contributed by atoms with Crippen molar-refractivity contribution in [1.29, 1.82) is 0 Å². The summed E-state index contributed by atoms with van der Waals surface area (Å²) < 4.78 is 3.89. The molecule has 5 fully saturated rings. The first-order valence-corrected chi connectivity index (χ1v) is 19.6. The van der Waals surface area contributed by atoms with Crippen molar-refractivity contribution in [2.75, 3.05) is 7.11 Å². The smallest absolute Gasteiger partial charge is 0.327 e. The molecule has 5 aliphatic rings. The molecule has 4 amide bonds. The summed E-state index contributed by atoms with van der Waals surface area (Å²) in [6.45, 7) is 10.8. The number of rotatable bonds is 9. The summed E-state index contributed by atoms with van der Waals surface area (Å²) in [6.07, 6.45) is 0. The van der Waals surface area contributed by atoms with Crippen LogP contribution in [-0.4, -0.2) is 128 Å². The van der Waals surface area contributed by atoms with Gasteiger partial charge in [0.25, 0.3) is 11.6 Å². The molecule has 0 radical (unpaired) electrons. The largest absolute Gasteiger partial charge is 0.480 e. The number of ether oxygens (including phenoxy) is 1. The third kappa shape index (κ3) is 6.04. The van der Waals surface area contributed by atoms with E-state index in [1.54, 1.807) is 29.5 Å². The number of carboxylic acid groups (broad SMARTS) is 3. The number of carboxylic acids is 3. The van der Waals surface area contributed by atoms with E-state index < -0.39 is 86.1 Å². The van der Waals surface area contributed by atoms with Crippen molar-refractivity contribution in [1.82, 2.24) is 25.3 Å². The Morgan fingerprint density at radius 2 is 1.44 bits per heavy atom. The zero-order chi connectivity index (χ0) is 39.9. The minimum atomic E-state index is -1.80. The third-order valence-electron chi connectivity index (χ3n) is 10.4. The summed E-state index contributed by atoms with van der Waals surface area (Å²) in [4.78, 5) is 90.8. The number of β-lactam (4-membered cyclic amide) rings is 2. The number of fused-ring (bicyclic) bond motifs is 2. The normalized spacial score (nSPS) is 31.7. The van der Waals surface area contributed by atoms with Gasteiger partial charge in [0.15, 0.2) is 5.92 Å². The highest BCUT2D eigenvalue weighted by Gasteiger charge is 2.73. The molecule has 290 valence electrons. The van der Waals surface area contributed by atoms with Gasteiger partial charge in [0.05, 0.1) is 5.66 Å². The first-order valence-electron chi connectivity index (χ1n) is 16.9. The molecule has 7 rings (SSSR count). The summed E-state index contributed by atoms with van der Waals surface area (Å²) in [6, 6.07) is 7.82. The van der Waals surface area contributed by atoms with Crippen LogP contribution in [0, 0.1) is 0 Å². The van der Waals surface area contributed by atoms with Crippen LogP contribution in [0.5, 0.6) is 0 Å². The van der Waals surface area contributed by atoms with Gasteiger partial charge in [-0.15, -0.1) is 23.5 Å². The van der Waals surface area contributed by atoms with E-state index in [1.807, 2.05) is 58.0 Å². The number of nitrogens with one attached hydrogen (secondary N) is 2. The highest BCUT2D eigenvalue weighted by molar-refractivity contribution is 8.02. The van der Waals surface area contributed by atoms with Crippen LogP contribution < -0.4 is 10.6 Å². The number of aliphatic carboxylic acids is 3. The summed E-state index contributed by atoms with van der Waals surface area (Å²) in [5.41, 5.74) is -1.37.